The Balaban J connectivity index is 4.00. The molecule has 2 atom stereocenters. The summed E-state index contributed by atoms with van der Waals surface area (Å²) in [6.45, 7) is 9.12. The van der Waals surface area contributed by atoms with Crippen molar-refractivity contribution in [2.75, 3.05) is 7.05 Å². The molecule has 0 radical (unpaired) electrons. The summed E-state index contributed by atoms with van der Waals surface area (Å²) >= 11 is 2.11. The van der Waals surface area contributed by atoms with E-state index in [2.05, 4.69) is 51.8 Å². The van der Waals surface area contributed by atoms with Crippen molar-refractivity contribution in [2.45, 2.75) is 63.5 Å². The highest BCUT2D eigenvalue weighted by Gasteiger charge is 2.18. The van der Waals surface area contributed by atoms with Gasteiger partial charge in [0.05, 0.1) is 0 Å². The molecule has 0 saturated carbocycles. The van der Waals surface area contributed by atoms with Crippen LogP contribution in [0, 0.1) is 0 Å². The molecule has 0 aliphatic rings. The van der Waals surface area contributed by atoms with Gasteiger partial charge in [-0.15, -0.1) is 0 Å². The smallest absolute Gasteiger partial charge is 0.0201 e. The van der Waals surface area contributed by atoms with Crippen LogP contribution in [0.2, 0.25) is 0 Å². The van der Waals surface area contributed by atoms with E-state index in [9.17, 15) is 0 Å². The first-order valence-corrected chi connectivity index (χ1v) is 6.42. The highest BCUT2D eigenvalue weighted by Crippen LogP contribution is 2.24. The summed E-state index contributed by atoms with van der Waals surface area (Å²) in [5.74, 6) is 0. The Hall–Kier alpha value is 0.310. The average Bonchev–Trinajstić information content (AvgIpc) is 2.10. The molecule has 1 N–H and O–H groups in total. The highest BCUT2D eigenvalue weighted by molar-refractivity contribution is 8.00. The summed E-state index contributed by atoms with van der Waals surface area (Å²) in [4.78, 5) is 0. The van der Waals surface area contributed by atoms with Crippen molar-refractivity contribution in [3.05, 3.63) is 0 Å². The lowest BCUT2D eigenvalue weighted by Gasteiger charge is -2.26. The van der Waals surface area contributed by atoms with E-state index >= 15 is 0 Å². The van der Waals surface area contributed by atoms with E-state index in [1.807, 2.05) is 0 Å². The van der Waals surface area contributed by atoms with Crippen LogP contribution < -0.4 is 5.32 Å². The van der Waals surface area contributed by atoms with Gasteiger partial charge in [-0.3, -0.25) is 0 Å². The van der Waals surface area contributed by atoms with Crippen LogP contribution in [0.25, 0.3) is 0 Å². The molecule has 2 heteroatoms. The third-order valence-corrected chi connectivity index (χ3v) is 3.82. The zero-order chi connectivity index (χ0) is 10.3. The van der Waals surface area contributed by atoms with Crippen LogP contribution in [0.3, 0.4) is 0 Å². The Morgan fingerprint density at radius 3 is 2.15 bits per heavy atom. The molecule has 0 heterocycles. The van der Waals surface area contributed by atoms with Crippen molar-refractivity contribution in [3.63, 3.8) is 0 Å². The molecule has 0 rings (SSSR count). The van der Waals surface area contributed by atoms with E-state index < -0.39 is 0 Å². The van der Waals surface area contributed by atoms with Crippen LogP contribution in [0.4, 0.5) is 0 Å². The average molecular weight is 203 g/mol. The van der Waals surface area contributed by atoms with Gasteiger partial charge in [0.25, 0.3) is 0 Å². The van der Waals surface area contributed by atoms with Gasteiger partial charge in [0.15, 0.2) is 0 Å². The SMILES string of the molecule is CCCC(NC)C(CC)SC(C)C. The Morgan fingerprint density at radius 1 is 1.23 bits per heavy atom. The molecule has 0 aliphatic carbocycles. The van der Waals surface area contributed by atoms with Gasteiger partial charge in [-0.05, 0) is 25.1 Å². The van der Waals surface area contributed by atoms with E-state index in [1.54, 1.807) is 0 Å². The molecule has 2 unspecified atom stereocenters. The minimum absolute atomic E-state index is 0.697. The fourth-order valence-electron chi connectivity index (χ4n) is 1.65. The zero-order valence-corrected chi connectivity index (χ0v) is 10.6. The molecule has 0 aromatic carbocycles. The molecule has 80 valence electrons. The predicted molar refractivity (Wildman–Crippen MR) is 64.6 cm³/mol. The Morgan fingerprint density at radius 2 is 1.85 bits per heavy atom. The van der Waals surface area contributed by atoms with E-state index in [1.165, 1.54) is 19.3 Å². The van der Waals surface area contributed by atoms with Gasteiger partial charge in [-0.2, -0.15) is 11.8 Å². The van der Waals surface area contributed by atoms with E-state index in [0.29, 0.717) is 6.04 Å². The zero-order valence-electron chi connectivity index (χ0n) is 9.76. The topological polar surface area (TPSA) is 12.0 Å². The predicted octanol–water partition coefficient (Wildman–Crippen LogP) is 3.29. The van der Waals surface area contributed by atoms with Gasteiger partial charge in [0.2, 0.25) is 0 Å². The molecule has 0 aliphatic heterocycles. The van der Waals surface area contributed by atoms with Crippen molar-refractivity contribution in [2.24, 2.45) is 0 Å². The van der Waals surface area contributed by atoms with Crippen LogP contribution in [-0.2, 0) is 0 Å². The molecule has 0 spiro atoms. The fraction of sp³-hybridized carbons (Fsp3) is 1.00. The minimum Gasteiger partial charge on any atom is -0.316 e. The van der Waals surface area contributed by atoms with Gasteiger partial charge in [-0.25, -0.2) is 0 Å². The summed E-state index contributed by atoms with van der Waals surface area (Å²) in [7, 11) is 2.09. The van der Waals surface area contributed by atoms with Crippen molar-refractivity contribution in [1.29, 1.82) is 0 Å². The Bertz CT molecular complexity index is 115. The standard InChI is InChI=1S/C11H25NS/c1-6-8-10(12-5)11(7-2)13-9(3)4/h9-12H,6-8H2,1-5H3. The van der Waals surface area contributed by atoms with E-state index in [0.717, 1.165) is 10.5 Å². The first kappa shape index (κ1) is 13.3. The monoisotopic (exact) mass is 203 g/mol. The number of hydrogen-bond acceptors (Lipinski definition) is 2. The van der Waals surface area contributed by atoms with Crippen molar-refractivity contribution >= 4 is 11.8 Å². The quantitative estimate of drug-likeness (QED) is 0.681. The highest BCUT2D eigenvalue weighted by atomic mass is 32.2. The maximum atomic E-state index is 3.44. The lowest BCUT2D eigenvalue weighted by molar-refractivity contribution is 0.489. The van der Waals surface area contributed by atoms with Crippen LogP contribution in [0.15, 0.2) is 0 Å². The third-order valence-electron chi connectivity index (χ3n) is 2.27. The molecular formula is C11H25NS. The van der Waals surface area contributed by atoms with Gasteiger partial charge >= 0.3 is 0 Å². The maximum Gasteiger partial charge on any atom is 0.0201 e. The normalized spacial score (nSPS) is 16.2. The molecule has 0 aromatic rings. The van der Waals surface area contributed by atoms with Crippen LogP contribution in [0.5, 0.6) is 0 Å². The number of nitrogens with one attached hydrogen (secondary N) is 1. The molecule has 0 bridgehead atoms. The minimum atomic E-state index is 0.697. The maximum absolute atomic E-state index is 3.44. The third kappa shape index (κ3) is 5.58. The van der Waals surface area contributed by atoms with Gasteiger partial charge < -0.3 is 5.32 Å². The molecule has 0 saturated heterocycles. The molecule has 0 fully saturated rings. The number of hydrogen-bond donors (Lipinski definition) is 1. The largest absolute Gasteiger partial charge is 0.316 e. The number of thioether (sulfide) groups is 1. The summed E-state index contributed by atoms with van der Waals surface area (Å²) in [6, 6.07) is 0.697. The van der Waals surface area contributed by atoms with Crippen molar-refractivity contribution in [3.8, 4) is 0 Å². The van der Waals surface area contributed by atoms with Crippen LogP contribution in [-0.4, -0.2) is 23.6 Å². The summed E-state index contributed by atoms with van der Waals surface area (Å²) in [6.07, 6.45) is 3.85. The lowest BCUT2D eigenvalue weighted by Crippen LogP contribution is -2.35. The molecule has 0 aromatic heterocycles. The van der Waals surface area contributed by atoms with Crippen LogP contribution >= 0.6 is 11.8 Å². The Kier molecular flexibility index (Phi) is 7.87. The van der Waals surface area contributed by atoms with Crippen molar-refractivity contribution < 1.29 is 0 Å². The van der Waals surface area contributed by atoms with E-state index in [4.69, 9.17) is 0 Å². The van der Waals surface area contributed by atoms with Gasteiger partial charge in [0, 0.05) is 11.3 Å². The second-order valence-electron chi connectivity index (χ2n) is 3.82. The van der Waals surface area contributed by atoms with Gasteiger partial charge in [-0.1, -0.05) is 34.1 Å². The fourth-order valence-corrected chi connectivity index (χ4v) is 3.01. The summed E-state index contributed by atoms with van der Waals surface area (Å²) in [5.41, 5.74) is 0. The van der Waals surface area contributed by atoms with Crippen molar-refractivity contribution in [1.82, 2.24) is 5.32 Å². The summed E-state index contributed by atoms with van der Waals surface area (Å²) in [5, 5.41) is 4.97. The second-order valence-corrected chi connectivity index (χ2v) is 5.64. The molecular weight excluding hydrogens is 178 g/mol. The first-order chi connectivity index (χ1) is 6.15. The Labute approximate surface area is 88.1 Å². The lowest BCUT2D eigenvalue weighted by atomic mass is 10.1. The first-order valence-electron chi connectivity index (χ1n) is 5.48. The summed E-state index contributed by atoms with van der Waals surface area (Å²) < 4.78 is 0. The molecule has 13 heavy (non-hydrogen) atoms. The molecule has 1 nitrogen and oxygen atoms in total. The van der Waals surface area contributed by atoms with Crippen LogP contribution in [0.1, 0.15) is 47.0 Å². The second kappa shape index (κ2) is 7.69. The molecule has 0 amide bonds. The van der Waals surface area contributed by atoms with Gasteiger partial charge in [0.1, 0.15) is 0 Å². The van der Waals surface area contributed by atoms with E-state index in [-0.39, 0.29) is 0 Å². The number of rotatable bonds is 7.